The molecule has 3 aromatic carbocycles. The fourth-order valence-electron chi connectivity index (χ4n) is 3.46. The van der Waals surface area contributed by atoms with Crippen LogP contribution >= 0.6 is 34.7 Å². The standard InChI is InChI=1S/C27H24ClN3O4S2/c1-16(25(32)31-27-30-21(15-36-27)17-10-12-18(28)13-11-17)37-20-7-4-6-19(14-20)29-26(33)24-22(34-2)8-5-9-23(24)35-3/h4-16H,1-3H3,(H,29,33)(H,30,31,32). The van der Waals surface area contributed by atoms with Gasteiger partial charge in [-0.1, -0.05) is 35.9 Å². The summed E-state index contributed by atoms with van der Waals surface area (Å²) in [5.74, 6) is 0.292. The molecule has 2 amide bonds. The van der Waals surface area contributed by atoms with E-state index < -0.39 is 5.25 Å². The van der Waals surface area contributed by atoms with E-state index in [4.69, 9.17) is 21.1 Å². The van der Waals surface area contributed by atoms with Crippen molar-refractivity contribution in [3.8, 4) is 22.8 Å². The van der Waals surface area contributed by atoms with Crippen LogP contribution in [0.5, 0.6) is 11.5 Å². The molecule has 1 unspecified atom stereocenters. The number of hydrogen-bond acceptors (Lipinski definition) is 7. The number of nitrogens with zero attached hydrogens (tertiary/aromatic N) is 1. The van der Waals surface area contributed by atoms with Gasteiger partial charge < -0.3 is 20.1 Å². The minimum absolute atomic E-state index is 0.171. The van der Waals surface area contributed by atoms with Crippen LogP contribution in [0.2, 0.25) is 5.02 Å². The second-order valence-corrected chi connectivity index (χ2v) is 10.5. The van der Waals surface area contributed by atoms with Crippen LogP contribution in [0.4, 0.5) is 10.8 Å². The van der Waals surface area contributed by atoms with Crippen LogP contribution in [0, 0.1) is 0 Å². The lowest BCUT2D eigenvalue weighted by molar-refractivity contribution is -0.115. The molecule has 4 rings (SSSR count). The van der Waals surface area contributed by atoms with Crippen molar-refractivity contribution in [2.24, 2.45) is 0 Å². The normalized spacial score (nSPS) is 11.5. The van der Waals surface area contributed by atoms with Crippen molar-refractivity contribution < 1.29 is 19.1 Å². The van der Waals surface area contributed by atoms with E-state index in [1.165, 1.54) is 37.3 Å². The van der Waals surface area contributed by atoms with Gasteiger partial charge in [0.1, 0.15) is 17.1 Å². The molecule has 1 atom stereocenters. The molecule has 0 aliphatic carbocycles. The largest absolute Gasteiger partial charge is 0.496 e. The molecule has 0 fully saturated rings. The van der Waals surface area contributed by atoms with Crippen LogP contribution in [0.15, 0.2) is 77.0 Å². The van der Waals surface area contributed by atoms with Crippen LogP contribution in [-0.4, -0.2) is 36.3 Å². The van der Waals surface area contributed by atoms with E-state index in [-0.39, 0.29) is 11.8 Å². The Balaban J connectivity index is 1.39. The van der Waals surface area contributed by atoms with E-state index in [1.54, 1.807) is 36.4 Å². The number of rotatable bonds is 9. The number of methoxy groups -OCH3 is 2. The van der Waals surface area contributed by atoms with Gasteiger partial charge in [0.2, 0.25) is 5.91 Å². The Labute approximate surface area is 228 Å². The minimum atomic E-state index is -0.400. The van der Waals surface area contributed by atoms with E-state index in [0.717, 1.165) is 16.2 Å². The molecule has 37 heavy (non-hydrogen) atoms. The van der Waals surface area contributed by atoms with Crippen LogP contribution < -0.4 is 20.1 Å². The van der Waals surface area contributed by atoms with Gasteiger partial charge in [-0.3, -0.25) is 9.59 Å². The second kappa shape index (κ2) is 12.1. The number of ether oxygens (including phenoxy) is 2. The summed E-state index contributed by atoms with van der Waals surface area (Å²) in [5, 5.41) is 8.43. The van der Waals surface area contributed by atoms with Crippen molar-refractivity contribution in [2.75, 3.05) is 24.9 Å². The molecular weight excluding hydrogens is 530 g/mol. The van der Waals surface area contributed by atoms with Crippen molar-refractivity contribution >= 4 is 57.3 Å². The molecule has 0 bridgehead atoms. The highest BCUT2D eigenvalue weighted by atomic mass is 35.5. The molecule has 0 aliphatic rings. The Hall–Kier alpha value is -3.53. The maximum atomic E-state index is 13.0. The number of halogens is 1. The highest BCUT2D eigenvalue weighted by Crippen LogP contribution is 2.31. The Morgan fingerprint density at radius 2 is 1.65 bits per heavy atom. The van der Waals surface area contributed by atoms with Gasteiger partial charge in [0.15, 0.2) is 5.13 Å². The highest BCUT2D eigenvalue weighted by Gasteiger charge is 2.20. The van der Waals surface area contributed by atoms with Crippen LogP contribution in [-0.2, 0) is 4.79 Å². The maximum absolute atomic E-state index is 13.0. The Morgan fingerprint density at radius 1 is 0.973 bits per heavy atom. The molecule has 0 saturated carbocycles. The molecule has 4 aromatic rings. The maximum Gasteiger partial charge on any atom is 0.263 e. The number of carbonyl (C=O) groups is 2. The number of hydrogen-bond donors (Lipinski definition) is 2. The highest BCUT2D eigenvalue weighted by molar-refractivity contribution is 8.00. The SMILES string of the molecule is COc1cccc(OC)c1C(=O)Nc1cccc(SC(C)C(=O)Nc2nc(-c3ccc(Cl)cc3)cs2)c1. The zero-order valence-electron chi connectivity index (χ0n) is 20.3. The number of thioether (sulfide) groups is 1. The van der Waals surface area contributed by atoms with Crippen molar-refractivity contribution in [3.05, 3.63) is 82.7 Å². The summed E-state index contributed by atoms with van der Waals surface area (Å²) in [6, 6.07) is 19.8. The first-order valence-electron chi connectivity index (χ1n) is 11.2. The van der Waals surface area contributed by atoms with Gasteiger partial charge in [0, 0.05) is 26.5 Å². The average Bonchev–Trinajstić information content (AvgIpc) is 3.37. The summed E-state index contributed by atoms with van der Waals surface area (Å²) in [7, 11) is 3.00. The number of nitrogens with one attached hydrogen (secondary N) is 2. The molecule has 0 aliphatic heterocycles. The first-order valence-corrected chi connectivity index (χ1v) is 13.3. The molecule has 10 heteroatoms. The monoisotopic (exact) mass is 553 g/mol. The summed E-state index contributed by atoms with van der Waals surface area (Å²) in [5.41, 5.74) is 2.59. The van der Waals surface area contributed by atoms with E-state index in [1.807, 2.05) is 42.6 Å². The van der Waals surface area contributed by atoms with Gasteiger partial charge in [-0.15, -0.1) is 23.1 Å². The van der Waals surface area contributed by atoms with Crippen LogP contribution in [0.3, 0.4) is 0 Å². The molecular formula is C27H24ClN3O4S2. The summed E-state index contributed by atoms with van der Waals surface area (Å²) in [6.45, 7) is 1.82. The molecule has 0 radical (unpaired) electrons. The molecule has 0 saturated heterocycles. The van der Waals surface area contributed by atoms with Crippen LogP contribution in [0.1, 0.15) is 17.3 Å². The first-order chi connectivity index (χ1) is 17.9. The number of anilines is 2. The van der Waals surface area contributed by atoms with Crippen molar-refractivity contribution in [2.45, 2.75) is 17.1 Å². The van der Waals surface area contributed by atoms with Crippen molar-refractivity contribution in [1.29, 1.82) is 0 Å². The smallest absolute Gasteiger partial charge is 0.263 e. The van der Waals surface area contributed by atoms with Crippen molar-refractivity contribution in [1.82, 2.24) is 4.98 Å². The lowest BCUT2D eigenvalue weighted by atomic mass is 10.1. The van der Waals surface area contributed by atoms with E-state index in [0.29, 0.717) is 32.9 Å². The van der Waals surface area contributed by atoms with Gasteiger partial charge in [-0.05, 0) is 49.4 Å². The Bertz CT molecular complexity index is 1390. The van der Waals surface area contributed by atoms with E-state index in [9.17, 15) is 9.59 Å². The summed E-state index contributed by atoms with van der Waals surface area (Å²) in [4.78, 5) is 31.1. The predicted octanol–water partition coefficient (Wildman–Crippen LogP) is 6.85. The molecule has 1 aromatic heterocycles. The summed E-state index contributed by atoms with van der Waals surface area (Å²) in [6.07, 6.45) is 0. The number of benzene rings is 3. The van der Waals surface area contributed by atoms with Gasteiger partial charge in [0.25, 0.3) is 5.91 Å². The topological polar surface area (TPSA) is 89.5 Å². The number of carbonyl (C=O) groups excluding carboxylic acids is 2. The van der Waals surface area contributed by atoms with Gasteiger partial charge >= 0.3 is 0 Å². The Morgan fingerprint density at radius 3 is 2.32 bits per heavy atom. The fourth-order valence-corrected chi connectivity index (χ4v) is 5.24. The molecule has 0 spiro atoms. The molecule has 1 heterocycles. The molecule has 190 valence electrons. The van der Waals surface area contributed by atoms with E-state index >= 15 is 0 Å². The first kappa shape index (κ1) is 26.5. The second-order valence-electron chi connectivity index (χ2n) is 7.81. The van der Waals surface area contributed by atoms with Gasteiger partial charge in [-0.2, -0.15) is 0 Å². The lowest BCUT2D eigenvalue weighted by Crippen LogP contribution is -2.22. The summed E-state index contributed by atoms with van der Waals surface area (Å²) >= 11 is 8.69. The predicted molar refractivity (Wildman–Crippen MR) is 150 cm³/mol. The van der Waals surface area contributed by atoms with Crippen LogP contribution in [0.25, 0.3) is 11.3 Å². The van der Waals surface area contributed by atoms with Gasteiger partial charge in [0.05, 0.1) is 25.2 Å². The number of thiazole rings is 1. The Kier molecular flexibility index (Phi) is 8.70. The van der Waals surface area contributed by atoms with Crippen molar-refractivity contribution in [3.63, 3.8) is 0 Å². The molecule has 2 N–H and O–H groups in total. The third-order valence-corrected chi connectivity index (χ3v) is 7.41. The third kappa shape index (κ3) is 6.62. The lowest BCUT2D eigenvalue weighted by Gasteiger charge is -2.14. The molecule has 7 nitrogen and oxygen atoms in total. The quantitative estimate of drug-likeness (QED) is 0.220. The number of aromatic nitrogens is 1. The third-order valence-electron chi connectivity index (χ3n) is 5.30. The van der Waals surface area contributed by atoms with E-state index in [2.05, 4.69) is 15.6 Å². The zero-order chi connectivity index (χ0) is 26.4. The zero-order valence-corrected chi connectivity index (χ0v) is 22.7. The average molecular weight is 554 g/mol. The number of amides is 2. The summed E-state index contributed by atoms with van der Waals surface area (Å²) < 4.78 is 10.7. The van der Waals surface area contributed by atoms with Gasteiger partial charge in [-0.25, -0.2) is 4.98 Å². The minimum Gasteiger partial charge on any atom is -0.496 e. The fraction of sp³-hybridized carbons (Fsp3) is 0.148.